The Kier molecular flexibility index (Phi) is 3.86. The molecule has 0 bridgehead atoms. The van der Waals surface area contributed by atoms with Gasteiger partial charge in [0.15, 0.2) is 0 Å². The average Bonchev–Trinajstić information content (AvgIpc) is 3.20. The Labute approximate surface area is 119 Å². The summed E-state index contributed by atoms with van der Waals surface area (Å²) >= 11 is 3.36. The SMILES string of the molecule is COC(=O)C1=C(Br)/C(=C(/C=N)C2CC2C#N)NC=C1. The summed E-state index contributed by atoms with van der Waals surface area (Å²) in [6.45, 7) is 0. The Hall–Kier alpha value is -1.87. The van der Waals surface area contributed by atoms with Crippen LogP contribution in [0.4, 0.5) is 0 Å². The van der Waals surface area contributed by atoms with Crippen LogP contribution < -0.4 is 5.32 Å². The fraction of sp³-hybridized carbons (Fsp3) is 0.308. The fourth-order valence-corrected chi connectivity index (χ4v) is 2.64. The van der Waals surface area contributed by atoms with Gasteiger partial charge in [0.05, 0.1) is 34.8 Å². The molecule has 0 aromatic rings. The third-order valence-electron chi connectivity index (χ3n) is 3.14. The molecule has 0 saturated heterocycles. The van der Waals surface area contributed by atoms with Crippen molar-refractivity contribution in [3.8, 4) is 6.07 Å². The second-order valence-corrected chi connectivity index (χ2v) is 5.04. The van der Waals surface area contributed by atoms with E-state index in [9.17, 15) is 4.79 Å². The van der Waals surface area contributed by atoms with Crippen LogP contribution in [0, 0.1) is 28.6 Å². The molecule has 19 heavy (non-hydrogen) atoms. The van der Waals surface area contributed by atoms with Gasteiger partial charge in [-0.3, -0.25) is 0 Å². The summed E-state index contributed by atoms with van der Waals surface area (Å²) in [6, 6.07) is 2.20. The largest absolute Gasteiger partial charge is 0.465 e. The van der Waals surface area contributed by atoms with Crippen LogP contribution in [0.1, 0.15) is 6.42 Å². The molecule has 2 N–H and O–H groups in total. The molecule has 1 fully saturated rings. The van der Waals surface area contributed by atoms with Gasteiger partial charge in [-0.25, -0.2) is 4.79 Å². The van der Waals surface area contributed by atoms with E-state index >= 15 is 0 Å². The molecule has 0 amide bonds. The van der Waals surface area contributed by atoms with Gasteiger partial charge in [0.2, 0.25) is 0 Å². The van der Waals surface area contributed by atoms with Crippen molar-refractivity contribution in [2.45, 2.75) is 6.42 Å². The molecule has 6 heteroatoms. The Morgan fingerprint density at radius 2 is 2.47 bits per heavy atom. The maximum Gasteiger partial charge on any atom is 0.339 e. The molecule has 98 valence electrons. The molecule has 5 nitrogen and oxygen atoms in total. The van der Waals surface area contributed by atoms with Crippen molar-refractivity contribution >= 4 is 28.1 Å². The summed E-state index contributed by atoms with van der Waals surface area (Å²) in [5.41, 5.74) is 1.77. The summed E-state index contributed by atoms with van der Waals surface area (Å²) in [5.74, 6) is -0.430. The molecule has 1 heterocycles. The predicted molar refractivity (Wildman–Crippen MR) is 73.3 cm³/mol. The second kappa shape index (κ2) is 5.41. The van der Waals surface area contributed by atoms with E-state index in [2.05, 4.69) is 27.3 Å². The fourth-order valence-electron chi connectivity index (χ4n) is 2.00. The number of methoxy groups -OCH3 is 1. The molecule has 1 saturated carbocycles. The van der Waals surface area contributed by atoms with Crippen molar-refractivity contribution in [1.82, 2.24) is 5.32 Å². The van der Waals surface area contributed by atoms with E-state index in [0.29, 0.717) is 15.8 Å². The highest BCUT2D eigenvalue weighted by Gasteiger charge is 2.41. The van der Waals surface area contributed by atoms with Crippen molar-refractivity contribution in [2.24, 2.45) is 11.8 Å². The number of allylic oxidation sites excluding steroid dienone is 2. The Morgan fingerprint density at radius 3 is 3.00 bits per heavy atom. The molecule has 0 aromatic carbocycles. The highest BCUT2D eigenvalue weighted by atomic mass is 79.9. The summed E-state index contributed by atoms with van der Waals surface area (Å²) < 4.78 is 5.26. The highest BCUT2D eigenvalue weighted by Crippen LogP contribution is 2.45. The minimum absolute atomic E-state index is 0.0429. The first-order valence-electron chi connectivity index (χ1n) is 5.69. The zero-order chi connectivity index (χ0) is 14.0. The summed E-state index contributed by atoms with van der Waals surface area (Å²) in [4.78, 5) is 11.6. The quantitative estimate of drug-likeness (QED) is 0.614. The van der Waals surface area contributed by atoms with Gasteiger partial charge in [-0.15, -0.1) is 0 Å². The number of halogens is 1. The van der Waals surface area contributed by atoms with Gasteiger partial charge in [-0.1, -0.05) is 0 Å². The first-order chi connectivity index (χ1) is 9.13. The van der Waals surface area contributed by atoms with E-state index in [1.807, 2.05) is 0 Å². The van der Waals surface area contributed by atoms with Gasteiger partial charge >= 0.3 is 5.97 Å². The minimum atomic E-state index is -0.445. The first-order valence-corrected chi connectivity index (χ1v) is 6.49. The van der Waals surface area contributed by atoms with E-state index in [4.69, 9.17) is 15.4 Å². The smallest absolute Gasteiger partial charge is 0.339 e. The molecule has 0 spiro atoms. The number of esters is 1. The molecular weight excluding hydrogens is 310 g/mol. The molecule has 0 aromatic heterocycles. The summed E-state index contributed by atoms with van der Waals surface area (Å²) in [5, 5.41) is 19.4. The van der Waals surface area contributed by atoms with Crippen LogP contribution in [0.3, 0.4) is 0 Å². The lowest BCUT2D eigenvalue weighted by Gasteiger charge is -2.17. The highest BCUT2D eigenvalue weighted by molar-refractivity contribution is 9.12. The van der Waals surface area contributed by atoms with Gasteiger partial charge in [0, 0.05) is 18.3 Å². The first kappa shape index (κ1) is 13.6. The molecule has 2 aliphatic rings. The van der Waals surface area contributed by atoms with Crippen LogP contribution in [0.2, 0.25) is 0 Å². The standard InChI is InChI=1S/C13H12BrN3O2/c1-19-13(18)8-2-3-17-12(11(8)14)10(6-16)9-4-7(9)5-15/h2-3,6-7,9,16-17H,4H2,1H3/b12-10+,16-6?. The van der Waals surface area contributed by atoms with E-state index in [0.717, 1.165) is 12.0 Å². The van der Waals surface area contributed by atoms with Crippen LogP contribution in [-0.2, 0) is 9.53 Å². The number of dihydropyridines is 1. The normalized spacial score (nSPS) is 27.2. The van der Waals surface area contributed by atoms with Gasteiger partial charge < -0.3 is 15.5 Å². The molecule has 1 aliphatic heterocycles. The number of carbonyl (C=O) groups is 1. The zero-order valence-corrected chi connectivity index (χ0v) is 11.8. The van der Waals surface area contributed by atoms with E-state index in [-0.39, 0.29) is 11.8 Å². The number of nitriles is 1. The van der Waals surface area contributed by atoms with E-state index in [1.165, 1.54) is 13.3 Å². The van der Waals surface area contributed by atoms with Gasteiger partial charge in [0.1, 0.15) is 0 Å². The van der Waals surface area contributed by atoms with E-state index in [1.54, 1.807) is 12.3 Å². The average molecular weight is 322 g/mol. The van der Waals surface area contributed by atoms with Gasteiger partial charge in [-0.2, -0.15) is 5.26 Å². The third kappa shape index (κ3) is 2.47. The van der Waals surface area contributed by atoms with Crippen molar-refractivity contribution < 1.29 is 9.53 Å². The van der Waals surface area contributed by atoms with Crippen molar-refractivity contribution in [1.29, 1.82) is 10.7 Å². The Morgan fingerprint density at radius 1 is 1.74 bits per heavy atom. The maximum atomic E-state index is 11.6. The number of ether oxygens (including phenoxy) is 1. The molecule has 2 rings (SSSR count). The van der Waals surface area contributed by atoms with Crippen molar-refractivity contribution in [3.63, 3.8) is 0 Å². The summed E-state index contributed by atoms with van der Waals surface area (Å²) in [6.07, 6.45) is 5.22. The third-order valence-corrected chi connectivity index (χ3v) is 3.96. The summed E-state index contributed by atoms with van der Waals surface area (Å²) in [7, 11) is 1.32. The monoisotopic (exact) mass is 321 g/mol. The minimum Gasteiger partial charge on any atom is -0.465 e. The number of rotatable bonds is 3. The lowest BCUT2D eigenvalue weighted by molar-refractivity contribution is -0.135. The Bertz CT molecular complexity index is 569. The number of nitrogens with one attached hydrogen (secondary N) is 2. The zero-order valence-electron chi connectivity index (χ0n) is 10.2. The van der Waals surface area contributed by atoms with Gasteiger partial charge in [-0.05, 0) is 34.0 Å². The molecule has 2 atom stereocenters. The maximum absolute atomic E-state index is 11.6. The number of hydrogen-bond acceptors (Lipinski definition) is 5. The molecule has 0 radical (unpaired) electrons. The molecule has 2 unspecified atom stereocenters. The van der Waals surface area contributed by atoms with Crippen molar-refractivity contribution in [2.75, 3.05) is 7.11 Å². The number of hydrogen-bond donors (Lipinski definition) is 2. The predicted octanol–water partition coefficient (Wildman–Crippen LogP) is 1.99. The van der Waals surface area contributed by atoms with E-state index < -0.39 is 5.97 Å². The number of carbonyl (C=O) groups excluding carboxylic acids is 1. The van der Waals surface area contributed by atoms with Crippen molar-refractivity contribution in [3.05, 3.63) is 33.6 Å². The van der Waals surface area contributed by atoms with Crippen LogP contribution in [-0.4, -0.2) is 19.3 Å². The topological polar surface area (TPSA) is 86.0 Å². The lowest BCUT2D eigenvalue weighted by Crippen LogP contribution is -2.18. The van der Waals surface area contributed by atoms with Crippen LogP contribution in [0.25, 0.3) is 0 Å². The molecule has 1 aliphatic carbocycles. The second-order valence-electron chi connectivity index (χ2n) is 4.25. The van der Waals surface area contributed by atoms with Crippen LogP contribution in [0.15, 0.2) is 33.6 Å². The molecular formula is C13H12BrN3O2. The van der Waals surface area contributed by atoms with Crippen LogP contribution in [0.5, 0.6) is 0 Å². The number of nitrogens with zero attached hydrogens (tertiary/aromatic N) is 1. The van der Waals surface area contributed by atoms with Crippen LogP contribution >= 0.6 is 15.9 Å². The lowest BCUT2D eigenvalue weighted by atomic mass is 10.0. The van der Waals surface area contributed by atoms with Gasteiger partial charge in [0.25, 0.3) is 0 Å². The Balaban J connectivity index is 2.42.